The summed E-state index contributed by atoms with van der Waals surface area (Å²) in [5, 5.41) is 6.44. The number of ether oxygens (including phenoxy) is 1. The number of benzene rings is 3. The maximum absolute atomic E-state index is 13.4. The smallest absolute Gasteiger partial charge is 0.282 e. The van der Waals surface area contributed by atoms with Crippen molar-refractivity contribution in [2.45, 2.75) is 26.4 Å². The van der Waals surface area contributed by atoms with Crippen molar-refractivity contribution in [3.05, 3.63) is 93.7 Å². The topological polar surface area (TPSA) is 69.6 Å². The molecule has 2 aromatic heterocycles. The Balaban J connectivity index is 1.69. The van der Waals surface area contributed by atoms with Crippen LogP contribution in [0, 0.1) is 0 Å². The highest BCUT2D eigenvalue weighted by Crippen LogP contribution is 2.27. The maximum Gasteiger partial charge on any atom is 0.282 e. The van der Waals surface area contributed by atoms with Gasteiger partial charge in [0.25, 0.3) is 5.56 Å². The first-order valence-electron chi connectivity index (χ1n) is 11.0. The lowest BCUT2D eigenvalue weighted by atomic mass is 10.2. The van der Waals surface area contributed by atoms with E-state index in [1.165, 1.54) is 4.68 Å². The Morgan fingerprint density at radius 3 is 2.74 bits per heavy atom. The molecular formula is C27H22ClN3O3. The predicted molar refractivity (Wildman–Crippen MR) is 136 cm³/mol. The van der Waals surface area contributed by atoms with Gasteiger partial charge in [0.2, 0.25) is 5.82 Å². The molecule has 170 valence electrons. The standard InChI is InChI=1S/C27H22ClN3O3/c1-3-17(2)33-24-13-12-20(28)14-19(24)16-29-31-26(25-15-18-8-4-7-11-23(18)34-25)30-22-10-6-5-9-21(22)27(31)32/h4-17H,3H2,1-2H3/t17-/m1/s1. The van der Waals surface area contributed by atoms with Crippen LogP contribution >= 0.6 is 11.6 Å². The predicted octanol–water partition coefficient (Wildman–Crippen LogP) is 6.52. The molecule has 34 heavy (non-hydrogen) atoms. The van der Waals surface area contributed by atoms with Crippen LogP contribution in [0.1, 0.15) is 25.8 Å². The molecule has 3 aromatic carbocycles. The van der Waals surface area contributed by atoms with Gasteiger partial charge in [-0.25, -0.2) is 4.98 Å². The lowest BCUT2D eigenvalue weighted by Crippen LogP contribution is -2.20. The molecule has 0 N–H and O–H groups in total. The molecule has 7 heteroatoms. The molecule has 0 unspecified atom stereocenters. The Kier molecular flexibility index (Phi) is 5.90. The monoisotopic (exact) mass is 471 g/mol. The minimum Gasteiger partial charge on any atom is -0.490 e. The summed E-state index contributed by atoms with van der Waals surface area (Å²) in [5.74, 6) is 1.39. The number of nitrogens with zero attached hydrogens (tertiary/aromatic N) is 3. The lowest BCUT2D eigenvalue weighted by molar-refractivity contribution is 0.217. The van der Waals surface area contributed by atoms with Gasteiger partial charge < -0.3 is 9.15 Å². The van der Waals surface area contributed by atoms with E-state index in [1.807, 2.05) is 50.2 Å². The van der Waals surface area contributed by atoms with E-state index in [-0.39, 0.29) is 11.7 Å². The van der Waals surface area contributed by atoms with Gasteiger partial charge in [-0.1, -0.05) is 48.9 Å². The Morgan fingerprint density at radius 1 is 1.12 bits per heavy atom. The molecule has 0 saturated carbocycles. The van der Waals surface area contributed by atoms with Crippen LogP contribution in [0.4, 0.5) is 0 Å². The fourth-order valence-corrected chi connectivity index (χ4v) is 3.81. The summed E-state index contributed by atoms with van der Waals surface area (Å²) in [6, 6.07) is 22.0. The molecule has 0 amide bonds. The van der Waals surface area contributed by atoms with Crippen molar-refractivity contribution in [2.24, 2.45) is 5.10 Å². The van der Waals surface area contributed by atoms with Gasteiger partial charge in [0.1, 0.15) is 11.3 Å². The van der Waals surface area contributed by atoms with Crippen molar-refractivity contribution in [3.8, 4) is 17.3 Å². The molecule has 0 fully saturated rings. The van der Waals surface area contributed by atoms with Crippen LogP contribution in [0.5, 0.6) is 5.75 Å². The van der Waals surface area contributed by atoms with E-state index in [9.17, 15) is 4.79 Å². The molecule has 2 heterocycles. The summed E-state index contributed by atoms with van der Waals surface area (Å²) in [6.07, 6.45) is 2.43. The minimum atomic E-state index is -0.302. The molecule has 5 rings (SSSR count). The fraction of sp³-hybridized carbons (Fsp3) is 0.148. The quantitative estimate of drug-likeness (QED) is 0.264. The SMILES string of the molecule is CC[C@@H](C)Oc1ccc(Cl)cc1C=Nn1c(-c2cc3ccccc3o2)nc2ccccc2c1=O. The van der Waals surface area contributed by atoms with E-state index in [2.05, 4.69) is 5.10 Å². The second kappa shape index (κ2) is 9.15. The summed E-state index contributed by atoms with van der Waals surface area (Å²) < 4.78 is 13.3. The molecule has 0 spiro atoms. The highest BCUT2D eigenvalue weighted by molar-refractivity contribution is 6.30. The largest absolute Gasteiger partial charge is 0.490 e. The molecule has 0 aliphatic carbocycles. The molecule has 5 aromatic rings. The van der Waals surface area contributed by atoms with Gasteiger partial charge in [0, 0.05) is 16.0 Å². The third-order valence-corrected chi connectivity index (χ3v) is 5.82. The number of furan rings is 1. The average molecular weight is 472 g/mol. The molecule has 6 nitrogen and oxygen atoms in total. The van der Waals surface area contributed by atoms with E-state index in [0.717, 1.165) is 11.8 Å². The molecule has 0 radical (unpaired) electrons. The Labute approximate surface area is 201 Å². The number of halogens is 1. The van der Waals surface area contributed by atoms with Crippen molar-refractivity contribution in [2.75, 3.05) is 0 Å². The highest BCUT2D eigenvalue weighted by atomic mass is 35.5. The number of fused-ring (bicyclic) bond motifs is 2. The van der Waals surface area contributed by atoms with E-state index >= 15 is 0 Å². The van der Waals surface area contributed by atoms with E-state index in [0.29, 0.717) is 44.4 Å². The summed E-state index contributed by atoms with van der Waals surface area (Å²) in [7, 11) is 0. The van der Waals surface area contributed by atoms with Gasteiger partial charge >= 0.3 is 0 Å². The number of rotatable bonds is 6. The maximum atomic E-state index is 13.4. The summed E-state index contributed by atoms with van der Waals surface area (Å²) in [4.78, 5) is 18.2. The van der Waals surface area contributed by atoms with Gasteiger partial charge in [-0.3, -0.25) is 4.79 Å². The fourth-order valence-electron chi connectivity index (χ4n) is 3.63. The van der Waals surface area contributed by atoms with Crippen LogP contribution in [0.25, 0.3) is 33.5 Å². The van der Waals surface area contributed by atoms with Gasteiger partial charge in [0.15, 0.2) is 5.76 Å². The van der Waals surface area contributed by atoms with E-state index in [1.54, 1.807) is 42.6 Å². The molecular weight excluding hydrogens is 450 g/mol. The van der Waals surface area contributed by atoms with Crippen LogP contribution in [-0.4, -0.2) is 22.0 Å². The van der Waals surface area contributed by atoms with Gasteiger partial charge in [-0.05, 0) is 55.8 Å². The Morgan fingerprint density at radius 2 is 1.91 bits per heavy atom. The summed E-state index contributed by atoms with van der Waals surface area (Å²) in [5.41, 5.74) is 1.62. The van der Waals surface area contributed by atoms with Crippen LogP contribution in [0.2, 0.25) is 5.02 Å². The van der Waals surface area contributed by atoms with Crippen LogP contribution < -0.4 is 10.3 Å². The third-order valence-electron chi connectivity index (χ3n) is 5.59. The van der Waals surface area contributed by atoms with Crippen LogP contribution in [0.15, 0.2) is 87.1 Å². The van der Waals surface area contributed by atoms with Crippen molar-refractivity contribution in [1.82, 2.24) is 9.66 Å². The lowest BCUT2D eigenvalue weighted by Gasteiger charge is -2.15. The van der Waals surface area contributed by atoms with Gasteiger partial charge in [0.05, 0.1) is 23.2 Å². The van der Waals surface area contributed by atoms with E-state index < -0.39 is 0 Å². The summed E-state index contributed by atoms with van der Waals surface area (Å²) in [6.45, 7) is 4.04. The number of hydrogen-bond donors (Lipinski definition) is 0. The second-order valence-electron chi connectivity index (χ2n) is 7.98. The van der Waals surface area contributed by atoms with Crippen LogP contribution in [0.3, 0.4) is 0 Å². The third kappa shape index (κ3) is 4.20. The zero-order chi connectivity index (χ0) is 23.7. The first-order chi connectivity index (χ1) is 16.5. The zero-order valence-corrected chi connectivity index (χ0v) is 19.5. The molecule has 0 bridgehead atoms. The first-order valence-corrected chi connectivity index (χ1v) is 11.4. The van der Waals surface area contributed by atoms with Gasteiger partial charge in [-0.15, -0.1) is 0 Å². The first kappa shape index (κ1) is 21.9. The normalized spacial score (nSPS) is 12.6. The average Bonchev–Trinajstić information content (AvgIpc) is 3.29. The van der Waals surface area contributed by atoms with Crippen LogP contribution in [-0.2, 0) is 0 Å². The minimum absolute atomic E-state index is 0.0180. The molecule has 0 saturated heterocycles. The van der Waals surface area contributed by atoms with E-state index in [4.69, 9.17) is 25.7 Å². The summed E-state index contributed by atoms with van der Waals surface area (Å²) >= 11 is 6.24. The number of aromatic nitrogens is 2. The van der Waals surface area contributed by atoms with Crippen molar-refractivity contribution in [3.63, 3.8) is 0 Å². The van der Waals surface area contributed by atoms with Crippen molar-refractivity contribution >= 4 is 39.7 Å². The Hall–Kier alpha value is -3.90. The molecule has 0 aliphatic heterocycles. The molecule has 0 aliphatic rings. The Bertz CT molecular complexity index is 1550. The zero-order valence-electron chi connectivity index (χ0n) is 18.7. The number of para-hydroxylation sites is 2. The van der Waals surface area contributed by atoms with Crippen molar-refractivity contribution in [1.29, 1.82) is 0 Å². The highest BCUT2D eigenvalue weighted by Gasteiger charge is 2.16. The number of hydrogen-bond acceptors (Lipinski definition) is 5. The van der Waals surface area contributed by atoms with Crippen molar-refractivity contribution < 1.29 is 9.15 Å². The van der Waals surface area contributed by atoms with Gasteiger partial charge in [-0.2, -0.15) is 9.78 Å². The molecule has 1 atom stereocenters. The second-order valence-corrected chi connectivity index (χ2v) is 8.42.